The molecule has 1 aromatic heterocycles. The molecule has 1 aromatic carbocycles. The molecule has 0 aliphatic heterocycles. The van der Waals surface area contributed by atoms with Gasteiger partial charge in [-0.1, -0.05) is 23.8 Å². The average molecular weight is 403 g/mol. The van der Waals surface area contributed by atoms with E-state index in [2.05, 4.69) is 16.7 Å². The molecule has 0 saturated heterocycles. The lowest BCUT2D eigenvalue weighted by atomic mass is 10.0. The molecule has 0 fully saturated rings. The first-order chi connectivity index (χ1) is 13.3. The number of amides is 2. The minimum absolute atomic E-state index is 0.212. The highest BCUT2D eigenvalue weighted by Gasteiger charge is 2.26. The van der Waals surface area contributed by atoms with E-state index in [0.29, 0.717) is 21.9 Å². The van der Waals surface area contributed by atoms with Gasteiger partial charge in [0.05, 0.1) is 17.0 Å². The Hall–Kier alpha value is -2.67. The Morgan fingerprint density at radius 2 is 1.86 bits per heavy atom. The second kappa shape index (κ2) is 9.50. The van der Waals surface area contributed by atoms with Crippen LogP contribution in [-0.4, -0.2) is 31.4 Å². The summed E-state index contributed by atoms with van der Waals surface area (Å²) in [7, 11) is 1.52. The minimum Gasteiger partial charge on any atom is -0.462 e. The number of esters is 1. The Labute approximate surface area is 169 Å². The third kappa shape index (κ3) is 4.98. The monoisotopic (exact) mass is 402 g/mol. The molecule has 0 radical (unpaired) electrons. The fourth-order valence-corrected chi connectivity index (χ4v) is 4.10. The van der Waals surface area contributed by atoms with Crippen molar-refractivity contribution in [3.63, 3.8) is 0 Å². The third-order valence-corrected chi connectivity index (χ3v) is 5.64. The zero-order valence-corrected chi connectivity index (χ0v) is 17.7. The summed E-state index contributed by atoms with van der Waals surface area (Å²) in [6.07, 6.45) is 0.873. The average Bonchev–Trinajstić information content (AvgIpc) is 2.96. The number of carbonyl (C=O) groups is 3. The molecule has 0 spiro atoms. The lowest BCUT2D eigenvalue weighted by molar-refractivity contribution is -0.116. The smallest absolute Gasteiger partial charge is 0.341 e. The maximum Gasteiger partial charge on any atom is 0.341 e. The van der Waals surface area contributed by atoms with Crippen LogP contribution in [0.15, 0.2) is 18.2 Å². The van der Waals surface area contributed by atoms with Crippen molar-refractivity contribution in [3.8, 4) is 0 Å². The van der Waals surface area contributed by atoms with Crippen molar-refractivity contribution in [3.05, 3.63) is 50.9 Å². The maximum atomic E-state index is 12.5. The summed E-state index contributed by atoms with van der Waals surface area (Å²) in [5.74, 6) is -1.06. The summed E-state index contributed by atoms with van der Waals surface area (Å²) in [4.78, 5) is 37.3. The summed E-state index contributed by atoms with van der Waals surface area (Å²) >= 11 is 1.08. The van der Waals surface area contributed by atoms with Crippen LogP contribution in [0.2, 0.25) is 0 Å². The Morgan fingerprint density at radius 3 is 2.46 bits per heavy atom. The molecule has 6 nitrogen and oxygen atoms in total. The summed E-state index contributed by atoms with van der Waals surface area (Å²) in [5.41, 5.74) is 4.19. The lowest BCUT2D eigenvalue weighted by Gasteiger charge is -2.09. The number of hydrogen-bond donors (Lipinski definition) is 2. The second-order valence-electron chi connectivity index (χ2n) is 6.54. The normalized spacial score (nSPS) is 10.5. The lowest BCUT2D eigenvalue weighted by Crippen LogP contribution is -2.18. The van der Waals surface area contributed by atoms with Crippen molar-refractivity contribution < 1.29 is 19.1 Å². The number of ether oxygens (including phenoxy) is 1. The Kier molecular flexibility index (Phi) is 7.34. The van der Waals surface area contributed by atoms with Gasteiger partial charge in [0.25, 0.3) is 5.91 Å². The second-order valence-corrected chi connectivity index (χ2v) is 7.56. The third-order valence-electron chi connectivity index (χ3n) is 4.43. The topological polar surface area (TPSA) is 84.5 Å². The van der Waals surface area contributed by atoms with Crippen molar-refractivity contribution >= 4 is 34.1 Å². The molecule has 7 heteroatoms. The number of nitrogens with one attached hydrogen (secondary N) is 2. The number of benzene rings is 1. The van der Waals surface area contributed by atoms with E-state index in [1.165, 1.54) is 12.6 Å². The van der Waals surface area contributed by atoms with E-state index in [9.17, 15) is 14.4 Å². The number of rotatable bonds is 7. The van der Waals surface area contributed by atoms with E-state index in [1.54, 1.807) is 13.8 Å². The first-order valence-electron chi connectivity index (χ1n) is 9.17. The predicted octanol–water partition coefficient (Wildman–Crippen LogP) is 3.78. The van der Waals surface area contributed by atoms with E-state index >= 15 is 0 Å². The zero-order chi connectivity index (χ0) is 20.8. The Morgan fingerprint density at radius 1 is 1.14 bits per heavy atom. The Balaban J connectivity index is 2.20. The molecular weight excluding hydrogens is 376 g/mol. The number of anilines is 1. The van der Waals surface area contributed by atoms with Crippen molar-refractivity contribution in [2.75, 3.05) is 19.0 Å². The van der Waals surface area contributed by atoms with Crippen LogP contribution in [-0.2, 0) is 16.0 Å². The molecular formula is C21H26N2O4S. The Bertz CT molecular complexity index is 902. The molecule has 2 rings (SSSR count). The van der Waals surface area contributed by atoms with Gasteiger partial charge in [-0.3, -0.25) is 9.59 Å². The van der Waals surface area contributed by atoms with E-state index in [0.717, 1.165) is 22.5 Å². The molecule has 0 aliphatic carbocycles. The molecule has 2 amide bonds. The maximum absolute atomic E-state index is 12.5. The molecule has 150 valence electrons. The van der Waals surface area contributed by atoms with Crippen LogP contribution in [0.4, 0.5) is 5.00 Å². The van der Waals surface area contributed by atoms with Gasteiger partial charge < -0.3 is 15.4 Å². The highest BCUT2D eigenvalue weighted by molar-refractivity contribution is 7.18. The van der Waals surface area contributed by atoms with E-state index in [-0.39, 0.29) is 30.4 Å². The number of thiophene rings is 1. The number of carbonyl (C=O) groups excluding carboxylic acids is 3. The molecule has 1 heterocycles. The van der Waals surface area contributed by atoms with Gasteiger partial charge >= 0.3 is 5.97 Å². The van der Waals surface area contributed by atoms with Crippen LogP contribution >= 0.6 is 11.3 Å². The summed E-state index contributed by atoms with van der Waals surface area (Å²) < 4.78 is 5.10. The van der Waals surface area contributed by atoms with E-state index in [1.807, 2.05) is 26.0 Å². The molecule has 0 atom stereocenters. The van der Waals surface area contributed by atoms with Gasteiger partial charge in [0.1, 0.15) is 5.00 Å². The van der Waals surface area contributed by atoms with Crippen LogP contribution in [0.5, 0.6) is 0 Å². The molecule has 0 unspecified atom stereocenters. The van der Waals surface area contributed by atoms with Crippen LogP contribution in [0.25, 0.3) is 0 Å². The number of hydrogen-bond acceptors (Lipinski definition) is 5. The van der Waals surface area contributed by atoms with Crippen LogP contribution in [0, 0.1) is 20.8 Å². The van der Waals surface area contributed by atoms with E-state index < -0.39 is 5.97 Å². The quantitative estimate of drug-likeness (QED) is 0.690. The van der Waals surface area contributed by atoms with Gasteiger partial charge in [0.15, 0.2) is 0 Å². The molecule has 0 saturated carbocycles. The van der Waals surface area contributed by atoms with Crippen molar-refractivity contribution in [1.29, 1.82) is 0 Å². The fraction of sp³-hybridized carbons (Fsp3) is 0.381. The van der Waals surface area contributed by atoms with Crippen LogP contribution < -0.4 is 10.6 Å². The minimum atomic E-state index is -0.545. The van der Waals surface area contributed by atoms with Crippen LogP contribution in [0.3, 0.4) is 0 Å². The van der Waals surface area contributed by atoms with Gasteiger partial charge in [0, 0.05) is 13.5 Å². The predicted molar refractivity (Wildman–Crippen MR) is 111 cm³/mol. The SMILES string of the molecule is CCOC(=O)c1c(NC(=O)CCc2ccc(C)cc2C)sc(C(=O)NC)c1C. The molecule has 0 aliphatic rings. The van der Waals surface area contributed by atoms with Gasteiger partial charge in [-0.2, -0.15) is 0 Å². The summed E-state index contributed by atoms with van der Waals surface area (Å²) in [5, 5.41) is 5.69. The van der Waals surface area contributed by atoms with Gasteiger partial charge in [-0.15, -0.1) is 11.3 Å². The summed E-state index contributed by atoms with van der Waals surface area (Å²) in [6, 6.07) is 6.14. The first-order valence-corrected chi connectivity index (χ1v) is 9.98. The zero-order valence-electron chi connectivity index (χ0n) is 16.9. The highest BCUT2D eigenvalue weighted by Crippen LogP contribution is 2.34. The van der Waals surface area contributed by atoms with Gasteiger partial charge in [-0.25, -0.2) is 4.79 Å². The molecule has 0 bridgehead atoms. The highest BCUT2D eigenvalue weighted by atomic mass is 32.1. The van der Waals surface area contributed by atoms with Crippen molar-refractivity contribution in [2.24, 2.45) is 0 Å². The van der Waals surface area contributed by atoms with Crippen LogP contribution in [0.1, 0.15) is 55.6 Å². The molecule has 2 N–H and O–H groups in total. The number of aryl methyl sites for hydroxylation is 3. The largest absolute Gasteiger partial charge is 0.462 e. The molecule has 28 heavy (non-hydrogen) atoms. The van der Waals surface area contributed by atoms with E-state index in [4.69, 9.17) is 4.74 Å². The summed E-state index contributed by atoms with van der Waals surface area (Å²) in [6.45, 7) is 7.66. The van der Waals surface area contributed by atoms with Gasteiger partial charge in [-0.05, 0) is 50.8 Å². The fourth-order valence-electron chi connectivity index (χ4n) is 2.94. The first kappa shape index (κ1) is 21.6. The molecule has 2 aromatic rings. The van der Waals surface area contributed by atoms with Gasteiger partial charge in [0.2, 0.25) is 5.91 Å². The van der Waals surface area contributed by atoms with Crippen molar-refractivity contribution in [1.82, 2.24) is 5.32 Å². The standard InChI is InChI=1S/C21H26N2O4S/c1-6-27-21(26)17-14(4)18(19(25)22-5)28-20(17)23-16(24)10-9-15-8-7-12(2)11-13(15)3/h7-8,11H,6,9-10H2,1-5H3,(H,22,25)(H,23,24). The van der Waals surface area contributed by atoms with Crippen molar-refractivity contribution in [2.45, 2.75) is 40.5 Å².